The summed E-state index contributed by atoms with van der Waals surface area (Å²) in [6, 6.07) is 22.2. The van der Waals surface area contributed by atoms with E-state index in [4.69, 9.17) is 0 Å². The van der Waals surface area contributed by atoms with Crippen molar-refractivity contribution < 1.29 is 18.0 Å². The van der Waals surface area contributed by atoms with E-state index in [0.717, 1.165) is 55.0 Å². The van der Waals surface area contributed by atoms with Gasteiger partial charge in [-0.25, -0.2) is 0 Å². The summed E-state index contributed by atoms with van der Waals surface area (Å²) >= 11 is 0. The number of alkyl halides is 3. The van der Waals surface area contributed by atoms with E-state index in [1.807, 2.05) is 49.1 Å². The molecule has 4 rings (SSSR count). The van der Waals surface area contributed by atoms with Gasteiger partial charge in [0, 0.05) is 24.2 Å². The van der Waals surface area contributed by atoms with Crippen molar-refractivity contribution in [2.45, 2.75) is 64.2 Å². The SMILES string of the molecule is Cc1cc(C)cc(C(=O)N2CC[C@H](NCCCc3cccc(C(F)(F)F)c3)C[C@@H]2Cc2ccccc2)c1. The van der Waals surface area contributed by atoms with E-state index < -0.39 is 11.7 Å². The molecule has 1 aliphatic rings. The minimum Gasteiger partial charge on any atom is -0.335 e. The number of piperidine rings is 1. The third-order valence-corrected chi connectivity index (χ3v) is 7.09. The predicted molar refractivity (Wildman–Crippen MR) is 142 cm³/mol. The van der Waals surface area contributed by atoms with Crippen LogP contribution in [0.3, 0.4) is 0 Å². The fourth-order valence-corrected chi connectivity index (χ4v) is 5.35. The molecule has 0 saturated carbocycles. The molecule has 0 bridgehead atoms. The molecule has 1 heterocycles. The van der Waals surface area contributed by atoms with E-state index in [2.05, 4.69) is 23.5 Å². The lowest BCUT2D eigenvalue weighted by molar-refractivity contribution is -0.137. The summed E-state index contributed by atoms with van der Waals surface area (Å²) in [4.78, 5) is 15.6. The van der Waals surface area contributed by atoms with Gasteiger partial charge in [-0.15, -0.1) is 0 Å². The number of likely N-dealkylation sites (tertiary alicyclic amines) is 1. The zero-order chi connectivity index (χ0) is 26.4. The zero-order valence-corrected chi connectivity index (χ0v) is 21.5. The molecule has 3 aromatic carbocycles. The Balaban J connectivity index is 1.38. The number of nitrogens with one attached hydrogen (secondary N) is 1. The molecular weight excluding hydrogens is 473 g/mol. The molecule has 1 saturated heterocycles. The highest BCUT2D eigenvalue weighted by Gasteiger charge is 2.32. The molecule has 0 aromatic heterocycles. The molecule has 1 aliphatic heterocycles. The number of nitrogens with zero attached hydrogens (tertiary/aromatic N) is 1. The molecule has 1 amide bonds. The van der Waals surface area contributed by atoms with Crippen molar-refractivity contribution in [3.8, 4) is 0 Å². The molecule has 3 nitrogen and oxygen atoms in total. The van der Waals surface area contributed by atoms with Gasteiger partial charge in [0.15, 0.2) is 0 Å². The first-order valence-corrected chi connectivity index (χ1v) is 13.0. The fraction of sp³-hybridized carbons (Fsp3) is 0.387. The highest BCUT2D eigenvalue weighted by Crippen LogP contribution is 2.30. The van der Waals surface area contributed by atoms with Gasteiger partial charge in [-0.1, -0.05) is 65.7 Å². The first-order valence-electron chi connectivity index (χ1n) is 13.0. The number of carbonyl (C=O) groups excluding carboxylic acids is 1. The van der Waals surface area contributed by atoms with Crippen LogP contribution in [-0.2, 0) is 19.0 Å². The second kappa shape index (κ2) is 12.0. The zero-order valence-electron chi connectivity index (χ0n) is 21.5. The summed E-state index contributed by atoms with van der Waals surface area (Å²) in [7, 11) is 0. The molecule has 0 spiro atoms. The predicted octanol–water partition coefficient (Wildman–Crippen LogP) is 6.76. The molecule has 1 fully saturated rings. The summed E-state index contributed by atoms with van der Waals surface area (Å²) in [5, 5.41) is 3.61. The van der Waals surface area contributed by atoms with E-state index in [-0.39, 0.29) is 18.0 Å². The van der Waals surface area contributed by atoms with Gasteiger partial charge in [-0.3, -0.25) is 4.79 Å². The van der Waals surface area contributed by atoms with Crippen LogP contribution in [0.2, 0.25) is 0 Å². The number of carbonyl (C=O) groups is 1. The standard InChI is InChI=1S/C31H35F3N2O/c1-22-16-23(2)18-26(17-22)30(37)36-15-13-28(21-29(36)20-25-8-4-3-5-9-25)35-14-7-11-24-10-6-12-27(19-24)31(32,33)34/h3-6,8-10,12,16-19,28-29,35H,7,11,13-15,20-21H2,1-2H3/t28-,29-/m0/s1. The Kier molecular flexibility index (Phi) is 8.70. The van der Waals surface area contributed by atoms with Gasteiger partial charge in [0.05, 0.1) is 5.56 Å². The van der Waals surface area contributed by atoms with Crippen molar-refractivity contribution in [2.24, 2.45) is 0 Å². The highest BCUT2D eigenvalue weighted by molar-refractivity contribution is 5.95. The van der Waals surface area contributed by atoms with Gasteiger partial charge in [-0.2, -0.15) is 13.2 Å². The van der Waals surface area contributed by atoms with E-state index in [0.29, 0.717) is 18.5 Å². The van der Waals surface area contributed by atoms with Crippen LogP contribution < -0.4 is 5.32 Å². The summed E-state index contributed by atoms with van der Waals surface area (Å²) in [6.45, 7) is 5.43. The molecular formula is C31H35F3N2O. The lowest BCUT2D eigenvalue weighted by Crippen LogP contribution is -2.52. The van der Waals surface area contributed by atoms with Crippen LogP contribution in [0.15, 0.2) is 72.8 Å². The minimum atomic E-state index is -4.31. The Morgan fingerprint density at radius 3 is 2.35 bits per heavy atom. The van der Waals surface area contributed by atoms with Crippen molar-refractivity contribution in [1.29, 1.82) is 0 Å². The largest absolute Gasteiger partial charge is 0.416 e. The Morgan fingerprint density at radius 2 is 1.65 bits per heavy atom. The topological polar surface area (TPSA) is 32.3 Å². The summed E-state index contributed by atoms with van der Waals surface area (Å²) in [6.07, 6.45) is -0.481. The molecule has 0 radical (unpaired) electrons. The van der Waals surface area contributed by atoms with Crippen LogP contribution >= 0.6 is 0 Å². The maximum atomic E-state index is 13.6. The van der Waals surface area contributed by atoms with Gasteiger partial charge in [0.1, 0.15) is 0 Å². The first-order chi connectivity index (χ1) is 17.7. The number of hydrogen-bond acceptors (Lipinski definition) is 2. The fourth-order valence-electron chi connectivity index (χ4n) is 5.35. The van der Waals surface area contributed by atoms with Gasteiger partial charge in [0.25, 0.3) is 5.91 Å². The summed E-state index contributed by atoms with van der Waals surface area (Å²) < 4.78 is 39.0. The van der Waals surface area contributed by atoms with E-state index >= 15 is 0 Å². The smallest absolute Gasteiger partial charge is 0.335 e. The first kappa shape index (κ1) is 26.9. The van der Waals surface area contributed by atoms with Crippen LogP contribution in [0.4, 0.5) is 13.2 Å². The summed E-state index contributed by atoms with van der Waals surface area (Å²) in [5.74, 6) is 0.0794. The van der Waals surface area contributed by atoms with Crippen LogP contribution in [0, 0.1) is 13.8 Å². The normalized spacial score (nSPS) is 18.1. The highest BCUT2D eigenvalue weighted by atomic mass is 19.4. The molecule has 1 N–H and O–H groups in total. The second-order valence-electron chi connectivity index (χ2n) is 10.2. The van der Waals surface area contributed by atoms with E-state index in [9.17, 15) is 18.0 Å². The number of hydrogen-bond donors (Lipinski definition) is 1. The maximum Gasteiger partial charge on any atom is 0.416 e. The molecule has 37 heavy (non-hydrogen) atoms. The Hall–Kier alpha value is -3.12. The minimum absolute atomic E-state index is 0.0745. The van der Waals surface area contributed by atoms with Crippen molar-refractivity contribution in [3.05, 3.63) is 106 Å². The monoisotopic (exact) mass is 508 g/mol. The van der Waals surface area contributed by atoms with E-state index in [1.165, 1.54) is 17.7 Å². The summed E-state index contributed by atoms with van der Waals surface area (Å²) in [5.41, 5.74) is 4.22. The van der Waals surface area contributed by atoms with Gasteiger partial charge < -0.3 is 10.2 Å². The lowest BCUT2D eigenvalue weighted by atomic mass is 9.91. The molecule has 3 aromatic rings. The van der Waals surface area contributed by atoms with Crippen molar-refractivity contribution in [1.82, 2.24) is 10.2 Å². The Morgan fingerprint density at radius 1 is 0.946 bits per heavy atom. The molecule has 196 valence electrons. The molecule has 0 unspecified atom stereocenters. The molecule has 0 aliphatic carbocycles. The van der Waals surface area contributed by atoms with Gasteiger partial charge >= 0.3 is 6.18 Å². The average Bonchev–Trinajstić information content (AvgIpc) is 2.86. The quantitative estimate of drug-likeness (QED) is 0.341. The Labute approximate surface area is 217 Å². The number of rotatable bonds is 8. The number of amides is 1. The van der Waals surface area contributed by atoms with Gasteiger partial charge in [-0.05, 0) is 81.8 Å². The van der Waals surface area contributed by atoms with Crippen LogP contribution in [0.5, 0.6) is 0 Å². The second-order valence-corrected chi connectivity index (χ2v) is 10.2. The molecule has 6 heteroatoms. The number of aryl methyl sites for hydroxylation is 3. The van der Waals surface area contributed by atoms with E-state index in [1.54, 1.807) is 6.07 Å². The number of benzene rings is 3. The van der Waals surface area contributed by atoms with Crippen molar-refractivity contribution in [2.75, 3.05) is 13.1 Å². The Bertz CT molecular complexity index is 1170. The van der Waals surface area contributed by atoms with Gasteiger partial charge in [0.2, 0.25) is 0 Å². The lowest BCUT2D eigenvalue weighted by Gasteiger charge is -2.40. The number of halogens is 3. The van der Waals surface area contributed by atoms with Crippen LogP contribution in [0.25, 0.3) is 0 Å². The maximum absolute atomic E-state index is 13.6. The van der Waals surface area contributed by atoms with Crippen LogP contribution in [0.1, 0.15) is 57.4 Å². The van der Waals surface area contributed by atoms with Crippen LogP contribution in [-0.4, -0.2) is 36.0 Å². The molecule has 2 atom stereocenters. The van der Waals surface area contributed by atoms with Crippen molar-refractivity contribution >= 4 is 5.91 Å². The third kappa shape index (κ3) is 7.45. The average molecular weight is 509 g/mol. The van der Waals surface area contributed by atoms with Crippen molar-refractivity contribution in [3.63, 3.8) is 0 Å². The third-order valence-electron chi connectivity index (χ3n) is 7.09.